The van der Waals surface area contributed by atoms with Crippen LogP contribution in [0.5, 0.6) is 0 Å². The zero-order valence-electron chi connectivity index (χ0n) is 13.7. The molecule has 0 spiro atoms. The van der Waals surface area contributed by atoms with Crippen LogP contribution in [0, 0.1) is 11.7 Å². The second-order valence-electron chi connectivity index (χ2n) is 5.74. The molecule has 0 aliphatic rings. The van der Waals surface area contributed by atoms with Gasteiger partial charge < -0.3 is 16.0 Å². The highest BCUT2D eigenvalue weighted by molar-refractivity contribution is 14.0. The first-order chi connectivity index (χ1) is 9.97. The summed E-state index contributed by atoms with van der Waals surface area (Å²) in [6, 6.07) is 6.59. The predicted molar refractivity (Wildman–Crippen MR) is 102 cm³/mol. The fraction of sp³-hybridized carbons (Fsp3) is 0.562. The minimum atomic E-state index is -0.201. The van der Waals surface area contributed by atoms with Crippen LogP contribution in [0.15, 0.2) is 29.3 Å². The van der Waals surface area contributed by atoms with E-state index in [1.54, 1.807) is 12.1 Å². The fourth-order valence-electron chi connectivity index (χ4n) is 1.85. The average Bonchev–Trinajstić information content (AvgIpc) is 2.41. The highest BCUT2D eigenvalue weighted by Gasteiger charge is 2.01. The molecule has 0 aliphatic carbocycles. The maximum absolute atomic E-state index is 12.8. The van der Waals surface area contributed by atoms with Gasteiger partial charge in [0.25, 0.3) is 0 Å². The summed E-state index contributed by atoms with van der Waals surface area (Å²) in [5, 5.41) is 3.11. The third-order valence-electron chi connectivity index (χ3n) is 3.15. The molecule has 0 aliphatic heterocycles. The highest BCUT2D eigenvalue weighted by Crippen LogP contribution is 2.05. The first-order valence-electron chi connectivity index (χ1n) is 7.44. The molecule has 0 fully saturated rings. The van der Waals surface area contributed by atoms with Crippen molar-refractivity contribution in [1.82, 2.24) is 10.2 Å². The van der Waals surface area contributed by atoms with Crippen molar-refractivity contribution in [1.29, 1.82) is 0 Å². The number of benzene rings is 1. The molecule has 3 N–H and O–H groups in total. The molecule has 0 radical (unpaired) electrons. The Kier molecular flexibility index (Phi) is 11.2. The van der Waals surface area contributed by atoms with Gasteiger partial charge in [0, 0.05) is 26.2 Å². The minimum absolute atomic E-state index is 0. The number of likely N-dealkylation sites (N-methyl/N-ethyl adjacent to an activating group) is 1. The van der Waals surface area contributed by atoms with Gasteiger partial charge in [0.1, 0.15) is 5.82 Å². The van der Waals surface area contributed by atoms with E-state index >= 15 is 0 Å². The van der Waals surface area contributed by atoms with Crippen LogP contribution in [-0.4, -0.2) is 37.5 Å². The molecule has 0 aromatic heterocycles. The van der Waals surface area contributed by atoms with Gasteiger partial charge in [-0.15, -0.1) is 24.0 Å². The topological polar surface area (TPSA) is 53.6 Å². The zero-order valence-corrected chi connectivity index (χ0v) is 16.0. The monoisotopic (exact) mass is 422 g/mol. The Labute approximate surface area is 150 Å². The average molecular weight is 422 g/mol. The van der Waals surface area contributed by atoms with Crippen LogP contribution < -0.4 is 11.1 Å². The Morgan fingerprint density at radius 3 is 2.55 bits per heavy atom. The number of hydrogen-bond acceptors (Lipinski definition) is 2. The van der Waals surface area contributed by atoms with Crippen LogP contribution in [0.2, 0.25) is 0 Å². The van der Waals surface area contributed by atoms with Crippen molar-refractivity contribution in [3.8, 4) is 0 Å². The fourth-order valence-corrected chi connectivity index (χ4v) is 1.85. The van der Waals surface area contributed by atoms with E-state index in [-0.39, 0.29) is 29.8 Å². The van der Waals surface area contributed by atoms with E-state index < -0.39 is 0 Å². The molecule has 0 heterocycles. The molecule has 22 heavy (non-hydrogen) atoms. The van der Waals surface area contributed by atoms with E-state index in [9.17, 15) is 4.39 Å². The third-order valence-corrected chi connectivity index (χ3v) is 3.15. The number of nitrogens with zero attached hydrogens (tertiary/aromatic N) is 2. The molecule has 0 saturated heterocycles. The molecule has 126 valence electrons. The lowest BCUT2D eigenvalue weighted by atomic mass is 10.1. The lowest BCUT2D eigenvalue weighted by Crippen LogP contribution is -2.37. The molecule has 1 aromatic rings. The van der Waals surface area contributed by atoms with Crippen molar-refractivity contribution in [2.24, 2.45) is 16.6 Å². The van der Waals surface area contributed by atoms with Crippen molar-refractivity contribution >= 4 is 29.9 Å². The van der Waals surface area contributed by atoms with E-state index in [0.29, 0.717) is 11.9 Å². The van der Waals surface area contributed by atoms with Gasteiger partial charge in [-0.2, -0.15) is 0 Å². The van der Waals surface area contributed by atoms with Gasteiger partial charge in [0.05, 0.1) is 0 Å². The predicted octanol–water partition coefficient (Wildman–Crippen LogP) is 2.83. The molecule has 1 aromatic carbocycles. The van der Waals surface area contributed by atoms with Crippen molar-refractivity contribution in [3.63, 3.8) is 0 Å². The summed E-state index contributed by atoms with van der Waals surface area (Å²) in [7, 11) is 2.02. The Hall–Kier alpha value is -0.890. The molecule has 6 heteroatoms. The number of nitrogens with two attached hydrogens (primary N) is 1. The molecule has 0 unspecified atom stereocenters. The second kappa shape index (κ2) is 11.6. The minimum Gasteiger partial charge on any atom is -0.370 e. The second-order valence-corrected chi connectivity index (χ2v) is 5.74. The molecule has 0 bridgehead atoms. The van der Waals surface area contributed by atoms with Crippen molar-refractivity contribution < 1.29 is 4.39 Å². The lowest BCUT2D eigenvalue weighted by molar-refractivity contribution is 0.331. The summed E-state index contributed by atoms with van der Waals surface area (Å²) in [5.41, 5.74) is 6.89. The van der Waals surface area contributed by atoms with E-state index in [1.807, 2.05) is 7.05 Å². The first kappa shape index (κ1) is 21.1. The number of hydrogen-bond donors (Lipinski definition) is 2. The van der Waals surface area contributed by atoms with E-state index in [1.165, 1.54) is 12.1 Å². The van der Waals surface area contributed by atoms with Crippen molar-refractivity contribution in [3.05, 3.63) is 35.6 Å². The highest BCUT2D eigenvalue weighted by atomic mass is 127. The van der Waals surface area contributed by atoms with Gasteiger partial charge in [0.15, 0.2) is 5.96 Å². The largest absolute Gasteiger partial charge is 0.370 e. The number of guanidine groups is 1. The maximum Gasteiger partial charge on any atom is 0.188 e. The summed E-state index contributed by atoms with van der Waals surface area (Å²) >= 11 is 0. The summed E-state index contributed by atoms with van der Waals surface area (Å²) in [5.74, 6) is 0.947. The summed E-state index contributed by atoms with van der Waals surface area (Å²) < 4.78 is 12.8. The number of aliphatic imine (C=N–C) groups is 1. The van der Waals surface area contributed by atoms with E-state index in [4.69, 9.17) is 5.73 Å². The van der Waals surface area contributed by atoms with E-state index in [2.05, 4.69) is 29.1 Å². The van der Waals surface area contributed by atoms with Crippen molar-refractivity contribution in [2.45, 2.75) is 26.8 Å². The van der Waals surface area contributed by atoms with Crippen LogP contribution in [-0.2, 0) is 6.54 Å². The van der Waals surface area contributed by atoms with Gasteiger partial charge in [-0.05, 0) is 37.1 Å². The van der Waals surface area contributed by atoms with Crippen LogP contribution in [0.25, 0.3) is 0 Å². The van der Waals surface area contributed by atoms with Gasteiger partial charge in [-0.1, -0.05) is 26.0 Å². The molecule has 0 atom stereocenters. The quantitative estimate of drug-likeness (QED) is 0.385. The first-order valence-corrected chi connectivity index (χ1v) is 7.44. The standard InChI is InChI=1S/C16H27FN4.HI/c1-13(2)8-9-19-16(18)20-10-11-21(3)12-14-4-6-15(17)7-5-14;/h4-7,13H,8-12H2,1-3H3,(H3,18,19,20);1H. The Bertz CT molecular complexity index is 434. The smallest absolute Gasteiger partial charge is 0.188 e. The molecule has 4 nitrogen and oxygen atoms in total. The lowest BCUT2D eigenvalue weighted by Gasteiger charge is -2.17. The number of rotatable bonds is 8. The van der Waals surface area contributed by atoms with Gasteiger partial charge in [0.2, 0.25) is 0 Å². The SMILES string of the molecule is CC(C)CCN=C(N)NCCN(C)Cc1ccc(F)cc1.I. The van der Waals surface area contributed by atoms with Crippen LogP contribution in [0.3, 0.4) is 0 Å². The molecule has 0 saturated carbocycles. The van der Waals surface area contributed by atoms with Gasteiger partial charge in [-0.25, -0.2) is 4.39 Å². The molecule has 1 rings (SSSR count). The number of halogens is 2. The van der Waals surface area contributed by atoms with Gasteiger partial charge >= 0.3 is 0 Å². The van der Waals surface area contributed by atoms with E-state index in [0.717, 1.165) is 38.2 Å². The number of nitrogens with one attached hydrogen (secondary N) is 1. The normalized spacial score (nSPS) is 11.6. The Morgan fingerprint density at radius 2 is 1.95 bits per heavy atom. The third kappa shape index (κ3) is 9.94. The van der Waals surface area contributed by atoms with Crippen LogP contribution in [0.4, 0.5) is 4.39 Å². The summed E-state index contributed by atoms with van der Waals surface area (Å²) in [4.78, 5) is 6.43. The van der Waals surface area contributed by atoms with Crippen molar-refractivity contribution in [2.75, 3.05) is 26.7 Å². The summed E-state index contributed by atoms with van der Waals surface area (Å²) in [6.45, 7) is 7.48. The molecular weight excluding hydrogens is 394 g/mol. The van der Waals surface area contributed by atoms with Crippen LogP contribution in [0.1, 0.15) is 25.8 Å². The Morgan fingerprint density at radius 1 is 1.32 bits per heavy atom. The Balaban J connectivity index is 0.00000441. The molecule has 0 amide bonds. The van der Waals surface area contributed by atoms with Crippen LogP contribution >= 0.6 is 24.0 Å². The maximum atomic E-state index is 12.8. The summed E-state index contributed by atoms with van der Waals surface area (Å²) in [6.07, 6.45) is 1.05. The zero-order chi connectivity index (χ0) is 15.7. The van der Waals surface area contributed by atoms with Gasteiger partial charge in [-0.3, -0.25) is 4.99 Å². The molecular formula is C16H28FIN4.